The van der Waals surface area contributed by atoms with Gasteiger partial charge in [0.15, 0.2) is 0 Å². The first kappa shape index (κ1) is 14.8. The molecule has 106 valence electrons. The van der Waals surface area contributed by atoms with Crippen LogP contribution in [0, 0.1) is 6.92 Å². The Kier molecular flexibility index (Phi) is 4.93. The third-order valence-corrected chi connectivity index (χ3v) is 4.25. The number of hydrogen-bond acceptors (Lipinski definition) is 3. The van der Waals surface area contributed by atoms with E-state index in [9.17, 15) is 4.79 Å². The second-order valence-corrected chi connectivity index (χ2v) is 6.02. The molecule has 0 saturated heterocycles. The van der Waals surface area contributed by atoms with Crippen molar-refractivity contribution in [1.29, 1.82) is 0 Å². The van der Waals surface area contributed by atoms with E-state index in [2.05, 4.69) is 43.4 Å². The summed E-state index contributed by atoms with van der Waals surface area (Å²) in [5.74, 6) is -0.861. The second kappa shape index (κ2) is 6.68. The predicted octanol–water partition coefficient (Wildman–Crippen LogP) is 3.48. The number of nitrogens with one attached hydrogen (secondary N) is 1. The van der Waals surface area contributed by atoms with Crippen LogP contribution in [0.15, 0.2) is 35.7 Å². The number of carbonyl (C=O) groups is 1. The Labute approximate surface area is 123 Å². The van der Waals surface area contributed by atoms with E-state index in [0.717, 1.165) is 11.3 Å². The minimum Gasteiger partial charge on any atom is -0.478 e. The quantitative estimate of drug-likeness (QED) is 0.856. The Morgan fingerprint density at radius 3 is 2.80 bits per heavy atom. The second-order valence-electron chi connectivity index (χ2n) is 5.02. The summed E-state index contributed by atoms with van der Waals surface area (Å²) in [5, 5.41) is 14.0. The maximum atomic E-state index is 10.8. The molecule has 2 rings (SSSR count). The highest BCUT2D eigenvalue weighted by Crippen LogP contribution is 2.15. The standard InChI is InChI=1S/C16H19NO2S/c1-11-5-3-4-6-13(11)7-12(2)17-9-15-8-14(10-20-15)16(18)19/h3-6,8,10,12,17H,7,9H2,1-2H3,(H,18,19). The highest BCUT2D eigenvalue weighted by atomic mass is 32.1. The lowest BCUT2D eigenvalue weighted by atomic mass is 10.0. The average molecular weight is 289 g/mol. The molecule has 2 N–H and O–H groups in total. The summed E-state index contributed by atoms with van der Waals surface area (Å²) in [6, 6.07) is 10.5. The molecule has 1 atom stereocenters. The van der Waals surface area contributed by atoms with Gasteiger partial charge < -0.3 is 10.4 Å². The van der Waals surface area contributed by atoms with E-state index in [1.165, 1.54) is 22.5 Å². The Hall–Kier alpha value is -1.65. The monoisotopic (exact) mass is 289 g/mol. The summed E-state index contributed by atoms with van der Waals surface area (Å²) < 4.78 is 0. The van der Waals surface area contributed by atoms with Crippen LogP contribution in [-0.4, -0.2) is 17.1 Å². The van der Waals surface area contributed by atoms with Crippen LogP contribution in [0.25, 0.3) is 0 Å². The minimum atomic E-state index is -0.861. The lowest BCUT2D eigenvalue weighted by Gasteiger charge is -2.14. The van der Waals surface area contributed by atoms with E-state index in [-0.39, 0.29) is 0 Å². The molecule has 4 heteroatoms. The first-order chi connectivity index (χ1) is 9.56. The van der Waals surface area contributed by atoms with Gasteiger partial charge in [-0.05, 0) is 37.5 Å². The van der Waals surface area contributed by atoms with Crippen molar-refractivity contribution >= 4 is 17.3 Å². The van der Waals surface area contributed by atoms with Gasteiger partial charge in [-0.1, -0.05) is 24.3 Å². The number of aromatic carboxylic acids is 1. The van der Waals surface area contributed by atoms with Crippen LogP contribution in [-0.2, 0) is 13.0 Å². The molecular formula is C16H19NO2S. The molecule has 0 aliphatic rings. The zero-order chi connectivity index (χ0) is 14.5. The van der Waals surface area contributed by atoms with Crippen molar-refractivity contribution in [2.24, 2.45) is 0 Å². The van der Waals surface area contributed by atoms with Crippen LogP contribution < -0.4 is 5.32 Å². The molecule has 1 aromatic heterocycles. The van der Waals surface area contributed by atoms with Crippen molar-refractivity contribution in [2.75, 3.05) is 0 Å². The summed E-state index contributed by atoms with van der Waals surface area (Å²) in [6.07, 6.45) is 0.976. The molecule has 0 amide bonds. The Balaban J connectivity index is 1.87. The fraction of sp³-hybridized carbons (Fsp3) is 0.312. The van der Waals surface area contributed by atoms with Gasteiger partial charge in [0.1, 0.15) is 0 Å². The van der Waals surface area contributed by atoms with Crippen LogP contribution in [0.3, 0.4) is 0 Å². The number of carboxylic acid groups (broad SMARTS) is 1. The number of benzene rings is 1. The molecule has 1 heterocycles. The third-order valence-electron chi connectivity index (χ3n) is 3.31. The molecule has 1 unspecified atom stereocenters. The maximum absolute atomic E-state index is 10.8. The van der Waals surface area contributed by atoms with E-state index < -0.39 is 5.97 Å². The molecule has 20 heavy (non-hydrogen) atoms. The van der Waals surface area contributed by atoms with Crippen molar-refractivity contribution in [3.8, 4) is 0 Å². The van der Waals surface area contributed by atoms with Crippen LogP contribution in [0.2, 0.25) is 0 Å². The van der Waals surface area contributed by atoms with Crippen molar-refractivity contribution in [1.82, 2.24) is 5.32 Å². The van der Waals surface area contributed by atoms with E-state index >= 15 is 0 Å². The number of rotatable bonds is 6. The van der Waals surface area contributed by atoms with Crippen molar-refractivity contribution in [3.05, 3.63) is 57.3 Å². The summed E-state index contributed by atoms with van der Waals surface area (Å²) in [5.41, 5.74) is 3.04. The molecule has 0 bridgehead atoms. The first-order valence-electron chi connectivity index (χ1n) is 6.65. The molecule has 0 spiro atoms. The summed E-state index contributed by atoms with van der Waals surface area (Å²) in [6.45, 7) is 4.99. The topological polar surface area (TPSA) is 49.3 Å². The largest absolute Gasteiger partial charge is 0.478 e. The average Bonchev–Trinajstić information content (AvgIpc) is 2.88. The van der Waals surface area contributed by atoms with Gasteiger partial charge in [0.2, 0.25) is 0 Å². The summed E-state index contributed by atoms with van der Waals surface area (Å²) in [7, 11) is 0. The zero-order valence-electron chi connectivity index (χ0n) is 11.7. The molecule has 0 saturated carbocycles. The summed E-state index contributed by atoms with van der Waals surface area (Å²) >= 11 is 1.49. The van der Waals surface area contributed by atoms with Crippen LogP contribution in [0.1, 0.15) is 33.3 Å². The van der Waals surface area contributed by atoms with Crippen molar-refractivity contribution in [2.45, 2.75) is 32.9 Å². The molecule has 2 aromatic rings. The fourth-order valence-electron chi connectivity index (χ4n) is 2.10. The lowest BCUT2D eigenvalue weighted by Crippen LogP contribution is -2.27. The van der Waals surface area contributed by atoms with E-state index in [0.29, 0.717) is 18.2 Å². The van der Waals surface area contributed by atoms with Gasteiger partial charge in [-0.2, -0.15) is 0 Å². The zero-order valence-corrected chi connectivity index (χ0v) is 12.5. The number of thiophene rings is 1. The van der Waals surface area contributed by atoms with Crippen molar-refractivity contribution < 1.29 is 9.90 Å². The molecule has 3 nitrogen and oxygen atoms in total. The first-order valence-corrected chi connectivity index (χ1v) is 7.53. The number of hydrogen-bond donors (Lipinski definition) is 2. The molecule has 0 fully saturated rings. The molecule has 0 aliphatic carbocycles. The van der Waals surface area contributed by atoms with Gasteiger partial charge in [0.05, 0.1) is 5.56 Å². The van der Waals surface area contributed by atoms with Crippen LogP contribution >= 0.6 is 11.3 Å². The van der Waals surface area contributed by atoms with Gasteiger partial charge in [-0.25, -0.2) is 4.79 Å². The third kappa shape index (κ3) is 3.92. The van der Waals surface area contributed by atoms with Crippen LogP contribution in [0.5, 0.6) is 0 Å². The maximum Gasteiger partial charge on any atom is 0.336 e. The van der Waals surface area contributed by atoms with E-state index in [1.54, 1.807) is 11.4 Å². The van der Waals surface area contributed by atoms with Gasteiger partial charge in [-0.15, -0.1) is 11.3 Å². The Bertz CT molecular complexity index is 592. The highest BCUT2D eigenvalue weighted by Gasteiger charge is 2.08. The van der Waals surface area contributed by atoms with E-state index in [1.807, 2.05) is 0 Å². The predicted molar refractivity (Wildman–Crippen MR) is 82.5 cm³/mol. The fourth-order valence-corrected chi connectivity index (χ4v) is 2.91. The van der Waals surface area contributed by atoms with Gasteiger partial charge in [0.25, 0.3) is 0 Å². The Morgan fingerprint density at radius 1 is 1.40 bits per heavy atom. The smallest absolute Gasteiger partial charge is 0.336 e. The van der Waals surface area contributed by atoms with Crippen LogP contribution in [0.4, 0.5) is 0 Å². The SMILES string of the molecule is Cc1ccccc1CC(C)NCc1cc(C(=O)O)cs1. The summed E-state index contributed by atoms with van der Waals surface area (Å²) in [4.78, 5) is 11.9. The lowest BCUT2D eigenvalue weighted by molar-refractivity contribution is 0.0697. The van der Waals surface area contributed by atoms with Gasteiger partial charge in [0, 0.05) is 22.8 Å². The molecular weight excluding hydrogens is 270 g/mol. The van der Waals surface area contributed by atoms with Crippen molar-refractivity contribution in [3.63, 3.8) is 0 Å². The molecule has 1 aromatic carbocycles. The normalized spacial score (nSPS) is 12.3. The van der Waals surface area contributed by atoms with Gasteiger partial charge in [-0.3, -0.25) is 0 Å². The Morgan fingerprint density at radius 2 is 2.15 bits per heavy atom. The molecule has 0 aliphatic heterocycles. The van der Waals surface area contributed by atoms with E-state index in [4.69, 9.17) is 5.11 Å². The highest BCUT2D eigenvalue weighted by molar-refractivity contribution is 7.10. The molecule has 0 radical (unpaired) electrons. The number of aryl methyl sites for hydroxylation is 1. The van der Waals surface area contributed by atoms with Gasteiger partial charge >= 0.3 is 5.97 Å². The number of carboxylic acids is 1. The minimum absolute atomic E-state index is 0.353.